The molecule has 0 saturated heterocycles. The lowest BCUT2D eigenvalue weighted by atomic mass is 9.97. The number of aromatic nitrogens is 1. The van der Waals surface area contributed by atoms with E-state index in [1.54, 1.807) is 64.5 Å². The fraction of sp³-hybridized carbons (Fsp3) is 0.346. The molecule has 2 heterocycles. The van der Waals surface area contributed by atoms with Crippen LogP contribution in [-0.4, -0.2) is 56.1 Å². The van der Waals surface area contributed by atoms with Crippen LogP contribution >= 0.6 is 11.3 Å². The zero-order chi connectivity index (χ0) is 27.5. The Bertz CT molecular complexity index is 1440. The number of methoxy groups -OCH3 is 2. The van der Waals surface area contributed by atoms with E-state index in [2.05, 4.69) is 10.6 Å². The quantitative estimate of drug-likeness (QED) is 0.432. The third-order valence-electron chi connectivity index (χ3n) is 6.53. The van der Waals surface area contributed by atoms with Crippen LogP contribution in [0.15, 0.2) is 58.9 Å². The molecule has 2 atom stereocenters. The molecule has 202 valence electrons. The molecule has 0 bridgehead atoms. The van der Waals surface area contributed by atoms with Gasteiger partial charge in [0.15, 0.2) is 0 Å². The maximum atomic E-state index is 13.5. The number of hydrogen-bond donors (Lipinski definition) is 2. The van der Waals surface area contributed by atoms with E-state index in [0.29, 0.717) is 40.9 Å². The summed E-state index contributed by atoms with van der Waals surface area (Å²) in [7, 11) is 0.751. The van der Waals surface area contributed by atoms with Gasteiger partial charge >= 0.3 is 0 Å². The number of sulfonamides is 1. The van der Waals surface area contributed by atoms with Crippen LogP contribution in [0.2, 0.25) is 0 Å². The Kier molecular flexibility index (Phi) is 7.93. The summed E-state index contributed by atoms with van der Waals surface area (Å²) in [6.07, 6.45) is 0.317. The maximum Gasteiger partial charge on any atom is 0.257 e. The van der Waals surface area contributed by atoms with Gasteiger partial charge in [0.25, 0.3) is 5.91 Å². The molecule has 12 heteroatoms. The lowest BCUT2D eigenvalue weighted by Crippen LogP contribution is -2.58. The normalized spacial score (nSPS) is 20.4. The lowest BCUT2D eigenvalue weighted by Gasteiger charge is -2.40. The van der Waals surface area contributed by atoms with Crippen LogP contribution in [0.4, 0.5) is 5.82 Å². The van der Waals surface area contributed by atoms with Crippen LogP contribution < -0.4 is 20.1 Å². The number of guanidine groups is 1. The molecular weight excluding hydrogens is 526 g/mol. The minimum absolute atomic E-state index is 0.0428. The first-order valence-electron chi connectivity index (χ1n) is 12.0. The number of hydrogen-bond acceptors (Lipinski definition) is 9. The van der Waals surface area contributed by atoms with E-state index in [9.17, 15) is 13.2 Å². The van der Waals surface area contributed by atoms with E-state index in [1.165, 1.54) is 18.4 Å². The number of ether oxygens (including phenoxy) is 2. The summed E-state index contributed by atoms with van der Waals surface area (Å²) in [6.45, 7) is 3.99. The predicted molar refractivity (Wildman–Crippen MR) is 148 cm³/mol. The number of nitrogens with one attached hydrogen (secondary N) is 2. The second-order valence-electron chi connectivity index (χ2n) is 8.88. The number of anilines is 1. The van der Waals surface area contributed by atoms with Crippen LogP contribution in [0.1, 0.15) is 41.2 Å². The Morgan fingerprint density at radius 1 is 1.16 bits per heavy atom. The van der Waals surface area contributed by atoms with Crippen molar-refractivity contribution in [3.05, 3.63) is 70.0 Å². The number of benzene rings is 2. The molecule has 10 nitrogen and oxygen atoms in total. The summed E-state index contributed by atoms with van der Waals surface area (Å²) in [4.78, 5) is 22.3. The summed E-state index contributed by atoms with van der Waals surface area (Å²) in [5.41, 5.74) is 0.100. The summed E-state index contributed by atoms with van der Waals surface area (Å²) >= 11 is 1.32. The number of rotatable bonds is 8. The van der Waals surface area contributed by atoms with Gasteiger partial charge < -0.3 is 14.8 Å². The number of aliphatic imine (C=N–C) groups is 1. The fourth-order valence-electron chi connectivity index (χ4n) is 4.40. The van der Waals surface area contributed by atoms with Crippen molar-refractivity contribution < 1.29 is 22.7 Å². The molecule has 1 aliphatic rings. The minimum atomic E-state index is -3.84. The molecular formula is C26H31N5O5S2. The second-order valence-corrected chi connectivity index (χ2v) is 11.9. The van der Waals surface area contributed by atoms with Crippen LogP contribution in [-0.2, 0) is 22.1 Å². The smallest absolute Gasteiger partial charge is 0.257 e. The highest BCUT2D eigenvalue weighted by Crippen LogP contribution is 2.41. The first kappa shape index (κ1) is 27.4. The van der Waals surface area contributed by atoms with Gasteiger partial charge in [-0.05, 0) is 37.6 Å². The summed E-state index contributed by atoms with van der Waals surface area (Å²) in [5, 5.41) is 7.45. The summed E-state index contributed by atoms with van der Waals surface area (Å²) < 4.78 is 38.8. The minimum Gasteiger partial charge on any atom is -0.497 e. The van der Waals surface area contributed by atoms with E-state index < -0.39 is 26.7 Å². The Hall–Kier alpha value is -3.64. The first-order chi connectivity index (χ1) is 18.1. The summed E-state index contributed by atoms with van der Waals surface area (Å²) in [6, 6.07) is 14.1. The standard InChI is InChI=1S/C26H31N5O5S2/c1-6-21-26(2,30-25(31(3)38(21,33)34)29-23(32)17-10-8-7-9-11-17)24-28-22(16-37-24)27-15-18-12-13-19(35-4)14-20(18)36-5/h7-14,16,21,27H,6,15H2,1-5H3,(H,29,30,32). The molecule has 0 radical (unpaired) electrons. The molecule has 4 rings (SSSR count). The molecule has 2 N–H and O–H groups in total. The molecule has 0 saturated carbocycles. The molecule has 0 aliphatic carbocycles. The Labute approximate surface area is 226 Å². The topological polar surface area (TPSA) is 122 Å². The molecule has 1 aliphatic heterocycles. The molecule has 1 aromatic heterocycles. The van der Waals surface area contributed by atoms with Gasteiger partial charge in [-0.15, -0.1) is 11.3 Å². The number of amides is 1. The van der Waals surface area contributed by atoms with Gasteiger partial charge in [-0.25, -0.2) is 22.7 Å². The number of thiazole rings is 1. The van der Waals surface area contributed by atoms with Crippen molar-refractivity contribution in [1.82, 2.24) is 14.6 Å². The van der Waals surface area contributed by atoms with Gasteiger partial charge in [0.1, 0.15) is 33.1 Å². The van der Waals surface area contributed by atoms with Crippen molar-refractivity contribution in [2.45, 2.75) is 37.6 Å². The zero-order valence-corrected chi connectivity index (χ0v) is 23.5. The Morgan fingerprint density at radius 3 is 2.55 bits per heavy atom. The van der Waals surface area contributed by atoms with E-state index in [1.807, 2.05) is 17.5 Å². The molecule has 1 amide bonds. The van der Waals surface area contributed by atoms with Gasteiger partial charge in [0.05, 0.1) is 14.2 Å². The van der Waals surface area contributed by atoms with Crippen molar-refractivity contribution in [1.29, 1.82) is 0 Å². The highest BCUT2D eigenvalue weighted by atomic mass is 32.2. The Morgan fingerprint density at radius 2 is 1.89 bits per heavy atom. The first-order valence-corrected chi connectivity index (χ1v) is 14.4. The van der Waals surface area contributed by atoms with Gasteiger partial charge in [-0.2, -0.15) is 0 Å². The molecule has 2 unspecified atom stereocenters. The maximum absolute atomic E-state index is 13.5. The largest absolute Gasteiger partial charge is 0.497 e. The average molecular weight is 558 g/mol. The van der Waals surface area contributed by atoms with E-state index in [-0.39, 0.29) is 5.96 Å². The molecule has 0 spiro atoms. The molecule has 38 heavy (non-hydrogen) atoms. The third kappa shape index (κ3) is 5.18. The number of carbonyl (C=O) groups is 1. The van der Waals surface area contributed by atoms with Crippen LogP contribution in [0.3, 0.4) is 0 Å². The predicted octanol–water partition coefficient (Wildman–Crippen LogP) is 3.83. The zero-order valence-electron chi connectivity index (χ0n) is 21.9. The lowest BCUT2D eigenvalue weighted by molar-refractivity contribution is 0.0974. The Balaban J connectivity index is 1.63. The van der Waals surface area contributed by atoms with Gasteiger partial charge in [0, 0.05) is 36.2 Å². The van der Waals surface area contributed by atoms with Gasteiger partial charge in [-0.1, -0.05) is 25.1 Å². The van der Waals surface area contributed by atoms with Gasteiger partial charge in [-0.3, -0.25) is 10.1 Å². The monoisotopic (exact) mass is 557 g/mol. The fourth-order valence-corrected chi connectivity index (χ4v) is 7.28. The second kappa shape index (κ2) is 11.0. The van der Waals surface area contributed by atoms with Crippen LogP contribution in [0, 0.1) is 0 Å². The van der Waals surface area contributed by atoms with E-state index in [0.717, 1.165) is 9.87 Å². The SMILES string of the molecule is CCC1C(C)(c2nc(NCc3ccc(OC)cc3OC)cs2)N=C(NC(=O)c2ccccc2)N(C)S1(=O)=O. The highest BCUT2D eigenvalue weighted by Gasteiger charge is 2.51. The van der Waals surface area contributed by atoms with Crippen molar-refractivity contribution in [3.63, 3.8) is 0 Å². The van der Waals surface area contributed by atoms with Crippen molar-refractivity contribution in [3.8, 4) is 11.5 Å². The van der Waals surface area contributed by atoms with Crippen LogP contribution in [0.25, 0.3) is 0 Å². The van der Waals surface area contributed by atoms with E-state index in [4.69, 9.17) is 19.5 Å². The van der Waals surface area contributed by atoms with Crippen LogP contribution in [0.5, 0.6) is 11.5 Å². The van der Waals surface area contributed by atoms with Gasteiger partial charge in [0.2, 0.25) is 16.0 Å². The third-order valence-corrected chi connectivity index (χ3v) is 10.0. The number of nitrogens with zero attached hydrogens (tertiary/aromatic N) is 3. The van der Waals surface area contributed by atoms with E-state index >= 15 is 0 Å². The average Bonchev–Trinajstić information content (AvgIpc) is 3.41. The molecule has 3 aromatic rings. The molecule has 0 fully saturated rings. The van der Waals surface area contributed by atoms with Crippen molar-refractivity contribution >= 4 is 39.0 Å². The highest BCUT2D eigenvalue weighted by molar-refractivity contribution is 7.90. The van der Waals surface area contributed by atoms with Crippen molar-refractivity contribution in [2.75, 3.05) is 26.6 Å². The number of carbonyl (C=O) groups excluding carboxylic acids is 1. The molecule has 2 aromatic carbocycles. The summed E-state index contributed by atoms with van der Waals surface area (Å²) in [5.74, 6) is 1.46. The van der Waals surface area contributed by atoms with Crippen molar-refractivity contribution in [2.24, 2.45) is 4.99 Å².